The first-order valence-corrected chi connectivity index (χ1v) is 9.40. The number of aliphatic hydroxyl groups excluding tert-OH is 1. The number of benzene rings is 1. The van der Waals surface area contributed by atoms with Crippen molar-refractivity contribution >= 4 is 5.97 Å². The first kappa shape index (κ1) is 19.5. The number of aliphatic carboxylic acids is 1. The van der Waals surface area contributed by atoms with Crippen molar-refractivity contribution in [2.75, 3.05) is 13.1 Å². The van der Waals surface area contributed by atoms with Gasteiger partial charge in [0.25, 0.3) is 0 Å². The second-order valence-electron chi connectivity index (χ2n) is 7.69. The number of carboxylic acids is 1. The van der Waals surface area contributed by atoms with E-state index in [4.69, 9.17) is 0 Å². The fraction of sp³-hybridized carbons (Fsp3) is 0.476. The summed E-state index contributed by atoms with van der Waals surface area (Å²) in [4.78, 5) is 23.0. The Balaban J connectivity index is 1.71. The quantitative estimate of drug-likeness (QED) is 0.813. The highest BCUT2D eigenvalue weighted by Gasteiger charge is 2.48. The van der Waals surface area contributed by atoms with Crippen molar-refractivity contribution in [2.24, 2.45) is 5.41 Å². The van der Waals surface area contributed by atoms with Gasteiger partial charge in [-0.1, -0.05) is 44.2 Å². The van der Waals surface area contributed by atoms with E-state index in [9.17, 15) is 15.0 Å². The molecule has 6 heteroatoms. The number of aromatic nitrogens is 2. The van der Waals surface area contributed by atoms with E-state index in [1.807, 2.05) is 36.4 Å². The number of carboxylic acid groups (broad SMARTS) is 1. The summed E-state index contributed by atoms with van der Waals surface area (Å²) in [6.45, 7) is 5.61. The minimum Gasteiger partial charge on any atom is -0.481 e. The van der Waals surface area contributed by atoms with E-state index in [1.54, 1.807) is 6.20 Å². The molecule has 0 radical (unpaired) electrons. The Morgan fingerprint density at radius 3 is 2.67 bits per heavy atom. The maximum Gasteiger partial charge on any atom is 0.312 e. The van der Waals surface area contributed by atoms with Gasteiger partial charge in [0.1, 0.15) is 11.2 Å². The summed E-state index contributed by atoms with van der Waals surface area (Å²) in [6, 6.07) is 11.4. The fourth-order valence-electron chi connectivity index (χ4n) is 3.68. The zero-order chi connectivity index (χ0) is 19.4. The van der Waals surface area contributed by atoms with Crippen LogP contribution in [0.4, 0.5) is 0 Å². The van der Waals surface area contributed by atoms with Crippen molar-refractivity contribution in [1.82, 2.24) is 14.9 Å². The largest absolute Gasteiger partial charge is 0.481 e. The first-order chi connectivity index (χ1) is 12.9. The number of piperidine rings is 1. The van der Waals surface area contributed by atoms with Gasteiger partial charge in [-0.05, 0) is 31.0 Å². The Hall–Kier alpha value is -2.31. The van der Waals surface area contributed by atoms with E-state index in [0.29, 0.717) is 32.5 Å². The van der Waals surface area contributed by atoms with Crippen LogP contribution in [0.25, 0.3) is 0 Å². The molecule has 144 valence electrons. The lowest BCUT2D eigenvalue weighted by atomic mass is 9.71. The number of β-amino-alcohol motifs (C(OH)–C–C–N with tert-alkyl or cyclic N) is 1. The molecule has 0 saturated carbocycles. The van der Waals surface area contributed by atoms with E-state index >= 15 is 0 Å². The van der Waals surface area contributed by atoms with E-state index in [2.05, 4.69) is 28.7 Å². The van der Waals surface area contributed by atoms with Gasteiger partial charge in [0, 0.05) is 25.2 Å². The predicted octanol–water partition coefficient (Wildman–Crippen LogP) is 2.48. The van der Waals surface area contributed by atoms with Crippen LogP contribution < -0.4 is 0 Å². The molecule has 2 aromatic rings. The fourth-order valence-corrected chi connectivity index (χ4v) is 3.68. The van der Waals surface area contributed by atoms with Crippen LogP contribution in [-0.2, 0) is 17.8 Å². The molecule has 2 atom stereocenters. The molecule has 27 heavy (non-hydrogen) atoms. The molecule has 0 bridgehead atoms. The van der Waals surface area contributed by atoms with Gasteiger partial charge in [0.2, 0.25) is 0 Å². The zero-order valence-corrected chi connectivity index (χ0v) is 15.9. The van der Waals surface area contributed by atoms with Crippen molar-refractivity contribution in [3.05, 3.63) is 59.7 Å². The molecule has 0 unspecified atom stereocenters. The maximum atomic E-state index is 12.1. The van der Waals surface area contributed by atoms with Crippen LogP contribution in [0.15, 0.2) is 42.6 Å². The molecule has 0 aliphatic carbocycles. The molecule has 2 N–H and O–H groups in total. The molecular formula is C21H27N3O3. The number of hydrogen-bond acceptors (Lipinski definition) is 5. The molecule has 1 aliphatic heterocycles. The molecule has 0 amide bonds. The van der Waals surface area contributed by atoms with Crippen molar-refractivity contribution in [1.29, 1.82) is 0 Å². The smallest absolute Gasteiger partial charge is 0.312 e. The Morgan fingerprint density at radius 1 is 1.30 bits per heavy atom. The second kappa shape index (κ2) is 8.15. The average molecular weight is 369 g/mol. The van der Waals surface area contributed by atoms with Crippen LogP contribution >= 0.6 is 0 Å². The number of hydrogen-bond donors (Lipinski definition) is 2. The molecule has 0 spiro atoms. The van der Waals surface area contributed by atoms with Crippen molar-refractivity contribution in [3.8, 4) is 0 Å². The molecule has 6 nitrogen and oxygen atoms in total. The third-order valence-electron chi connectivity index (χ3n) is 5.37. The van der Waals surface area contributed by atoms with Crippen LogP contribution in [-0.4, -0.2) is 50.2 Å². The molecule has 1 aliphatic rings. The summed E-state index contributed by atoms with van der Waals surface area (Å²) >= 11 is 0. The molecule has 1 aromatic carbocycles. The van der Waals surface area contributed by atoms with Gasteiger partial charge in [0.05, 0.1) is 11.8 Å². The minimum atomic E-state index is -1.15. The lowest BCUT2D eigenvalue weighted by Gasteiger charge is -2.42. The highest BCUT2D eigenvalue weighted by atomic mass is 16.4. The molecule has 1 fully saturated rings. The van der Waals surface area contributed by atoms with Gasteiger partial charge in [-0.25, -0.2) is 9.97 Å². The van der Waals surface area contributed by atoms with E-state index in [1.165, 1.54) is 0 Å². The Morgan fingerprint density at radius 2 is 2.04 bits per heavy atom. The van der Waals surface area contributed by atoms with Gasteiger partial charge in [-0.15, -0.1) is 0 Å². The van der Waals surface area contributed by atoms with Crippen molar-refractivity contribution in [2.45, 2.75) is 45.3 Å². The van der Waals surface area contributed by atoms with E-state index < -0.39 is 17.5 Å². The molecule has 2 heterocycles. The number of nitrogens with zero attached hydrogens (tertiary/aromatic N) is 3. The molecule has 3 rings (SSSR count). The highest BCUT2D eigenvalue weighted by Crippen LogP contribution is 2.36. The Kier molecular flexibility index (Phi) is 5.87. The number of likely N-dealkylation sites (tertiary alicyclic amines) is 1. The predicted molar refractivity (Wildman–Crippen MR) is 102 cm³/mol. The topological polar surface area (TPSA) is 86.6 Å². The summed E-state index contributed by atoms with van der Waals surface area (Å²) in [7, 11) is 0. The van der Waals surface area contributed by atoms with E-state index in [0.717, 1.165) is 17.1 Å². The first-order valence-electron chi connectivity index (χ1n) is 9.40. The van der Waals surface area contributed by atoms with E-state index in [-0.39, 0.29) is 5.92 Å². The third kappa shape index (κ3) is 4.34. The normalized spacial score (nSPS) is 23.5. The van der Waals surface area contributed by atoms with Crippen LogP contribution in [0, 0.1) is 5.41 Å². The van der Waals surface area contributed by atoms with Crippen molar-refractivity contribution in [3.63, 3.8) is 0 Å². The zero-order valence-electron chi connectivity index (χ0n) is 15.9. The van der Waals surface area contributed by atoms with Crippen LogP contribution in [0.3, 0.4) is 0 Å². The lowest BCUT2D eigenvalue weighted by Crippen LogP contribution is -2.55. The second-order valence-corrected chi connectivity index (χ2v) is 7.69. The summed E-state index contributed by atoms with van der Waals surface area (Å²) in [5.41, 5.74) is 0.684. The van der Waals surface area contributed by atoms with Crippen molar-refractivity contribution < 1.29 is 15.0 Å². The highest BCUT2D eigenvalue weighted by molar-refractivity contribution is 5.76. The summed E-state index contributed by atoms with van der Waals surface area (Å²) in [5.74, 6) is 0.124. The molecule has 1 aromatic heterocycles. The molecular weight excluding hydrogens is 342 g/mol. The molecule has 1 saturated heterocycles. The van der Waals surface area contributed by atoms with Crippen LogP contribution in [0.2, 0.25) is 0 Å². The number of aliphatic hydroxyl groups is 1. The van der Waals surface area contributed by atoms with Gasteiger partial charge in [0.15, 0.2) is 0 Å². The third-order valence-corrected chi connectivity index (χ3v) is 5.37. The average Bonchev–Trinajstić information content (AvgIpc) is 2.65. The monoisotopic (exact) mass is 369 g/mol. The summed E-state index contributed by atoms with van der Waals surface area (Å²) < 4.78 is 0. The Bertz CT molecular complexity index is 781. The maximum absolute atomic E-state index is 12.1. The number of rotatable bonds is 6. The van der Waals surface area contributed by atoms with Gasteiger partial charge in [-0.3, -0.25) is 9.69 Å². The van der Waals surface area contributed by atoms with Gasteiger partial charge >= 0.3 is 5.97 Å². The van der Waals surface area contributed by atoms with Crippen LogP contribution in [0.5, 0.6) is 0 Å². The van der Waals surface area contributed by atoms with Crippen LogP contribution in [0.1, 0.15) is 43.3 Å². The SMILES string of the molecule is CC(C)c1nccc(CN2CC[C@](Cc3ccccc3)(C(=O)O)[C@@H](O)C2)n1. The standard InChI is InChI=1S/C21H27N3O3/c1-15(2)19-22-10-8-17(23-19)13-24-11-9-21(20(26)27,18(25)14-24)12-16-6-4-3-5-7-16/h3-8,10,15,18,25H,9,11-14H2,1-2H3,(H,26,27)/t18-,21+/m0/s1. The lowest BCUT2D eigenvalue weighted by molar-refractivity contribution is -0.163. The van der Waals surface area contributed by atoms with Gasteiger partial charge < -0.3 is 10.2 Å². The minimum absolute atomic E-state index is 0.252. The summed E-state index contributed by atoms with van der Waals surface area (Å²) in [5, 5.41) is 20.7. The van der Waals surface area contributed by atoms with Gasteiger partial charge in [-0.2, -0.15) is 0 Å². The number of carbonyl (C=O) groups is 1. The summed E-state index contributed by atoms with van der Waals surface area (Å²) in [6.07, 6.45) is 1.56. The Labute approximate surface area is 159 Å².